The minimum atomic E-state index is -1.81. The zero-order valence-corrected chi connectivity index (χ0v) is 20.2. The van der Waals surface area contributed by atoms with E-state index in [9.17, 15) is 24.6 Å². The van der Waals surface area contributed by atoms with Gasteiger partial charge in [0, 0.05) is 11.8 Å². The monoisotopic (exact) mass is 428 g/mol. The number of fused-ring (bicyclic) bond motifs is 5. The van der Waals surface area contributed by atoms with Gasteiger partial charge < -0.3 is 24.5 Å². The number of carboxylic acid groups (broad SMARTS) is 1. The number of rotatable bonds is 2. The predicted molar refractivity (Wildman–Crippen MR) is 99.3 cm³/mol. The number of allylic oxidation sites excluding steroid dienone is 1. The summed E-state index contributed by atoms with van der Waals surface area (Å²) in [6, 6.07) is 0. The minimum absolute atomic E-state index is 0. The van der Waals surface area contributed by atoms with Gasteiger partial charge in [0.15, 0.2) is 11.4 Å². The van der Waals surface area contributed by atoms with Crippen molar-refractivity contribution in [2.24, 2.45) is 28.6 Å². The van der Waals surface area contributed by atoms with E-state index in [0.717, 1.165) is 25.5 Å². The largest absolute Gasteiger partial charge is 1.00 e. The summed E-state index contributed by atoms with van der Waals surface area (Å²) in [4.78, 5) is 36.1. The van der Waals surface area contributed by atoms with Gasteiger partial charge >= 0.3 is 35.7 Å². The van der Waals surface area contributed by atoms with Crippen LogP contribution in [0.4, 0.5) is 4.79 Å². The first-order chi connectivity index (χ1) is 13.6. The Morgan fingerprint density at radius 2 is 1.90 bits per heavy atom. The number of aliphatic hydroxyl groups is 1. The maximum atomic E-state index is 12.3. The van der Waals surface area contributed by atoms with Crippen LogP contribution in [0, 0.1) is 28.6 Å². The summed E-state index contributed by atoms with van der Waals surface area (Å²) in [5.74, 6) is -1.24. The van der Waals surface area contributed by atoms with Gasteiger partial charge in [-0.1, -0.05) is 19.4 Å². The van der Waals surface area contributed by atoms with Crippen LogP contribution in [0.2, 0.25) is 0 Å². The van der Waals surface area contributed by atoms with Crippen molar-refractivity contribution in [1.29, 1.82) is 0 Å². The molecule has 8 heteroatoms. The van der Waals surface area contributed by atoms with Gasteiger partial charge in [-0.25, -0.2) is 4.79 Å². The number of hydrogen-bond donors (Lipinski definition) is 1. The van der Waals surface area contributed by atoms with E-state index < -0.39 is 29.2 Å². The van der Waals surface area contributed by atoms with E-state index in [1.54, 1.807) is 13.0 Å². The third-order valence-electron chi connectivity index (χ3n) is 8.77. The third kappa shape index (κ3) is 3.11. The molecule has 30 heavy (non-hydrogen) atoms. The molecule has 3 unspecified atom stereocenters. The summed E-state index contributed by atoms with van der Waals surface area (Å²) >= 11 is 0. The smallest absolute Gasteiger partial charge is 0.546 e. The fourth-order valence-corrected chi connectivity index (χ4v) is 7.40. The average Bonchev–Trinajstić information content (AvgIpc) is 2.94. The Balaban J connectivity index is 0.00000256. The number of carboxylic acids is 1. The van der Waals surface area contributed by atoms with E-state index in [0.29, 0.717) is 19.3 Å². The molecule has 0 aromatic heterocycles. The van der Waals surface area contributed by atoms with Gasteiger partial charge in [0.2, 0.25) is 0 Å². The number of aliphatic carboxylic acids is 1. The molecular weight excluding hydrogens is 399 g/mol. The molecule has 7 atom stereocenters. The number of aliphatic hydroxyl groups excluding tert-OH is 1. The zero-order chi connectivity index (χ0) is 21.2. The molecule has 0 spiro atoms. The summed E-state index contributed by atoms with van der Waals surface area (Å²) in [5, 5.41) is 23.6. The topological polar surface area (TPSA) is 113 Å². The van der Waals surface area contributed by atoms with Gasteiger partial charge in [-0.05, 0) is 67.8 Å². The molecule has 0 bridgehead atoms. The first-order valence-corrected chi connectivity index (χ1v) is 10.5. The molecule has 0 radical (unpaired) electrons. The third-order valence-corrected chi connectivity index (χ3v) is 8.77. The summed E-state index contributed by atoms with van der Waals surface area (Å²) < 4.78 is 9.95. The van der Waals surface area contributed by atoms with Crippen LogP contribution >= 0.6 is 0 Å². The number of carbonyl (C=O) groups is 3. The molecule has 3 saturated carbocycles. The van der Waals surface area contributed by atoms with Crippen molar-refractivity contribution in [1.82, 2.24) is 0 Å². The second-order valence-electron chi connectivity index (χ2n) is 9.79. The Morgan fingerprint density at radius 3 is 2.53 bits per heavy atom. The van der Waals surface area contributed by atoms with E-state index in [2.05, 4.69) is 11.7 Å². The van der Waals surface area contributed by atoms with Crippen molar-refractivity contribution in [2.45, 2.75) is 70.5 Å². The normalized spacial score (nSPS) is 44.5. The van der Waals surface area contributed by atoms with Crippen LogP contribution in [0.25, 0.3) is 0 Å². The first-order valence-electron chi connectivity index (χ1n) is 10.5. The van der Waals surface area contributed by atoms with Gasteiger partial charge in [0.25, 0.3) is 0 Å². The average molecular weight is 428 g/mol. The molecule has 160 valence electrons. The Kier molecular flexibility index (Phi) is 6.27. The Labute approximate surface area is 198 Å². The van der Waals surface area contributed by atoms with E-state index >= 15 is 0 Å². The van der Waals surface area contributed by atoms with E-state index in [-0.39, 0.29) is 71.4 Å². The van der Waals surface area contributed by atoms with E-state index in [1.165, 1.54) is 0 Å². The SMILES string of the molecule is COC(=O)O[C@]1(C(=O)[O-])CCC2C3CCC4=CC(=O)CC[C@]4(C)C3[C@@H](O)C[C@@]21C.[Na+]. The van der Waals surface area contributed by atoms with Gasteiger partial charge in [0.1, 0.15) is 0 Å². The summed E-state index contributed by atoms with van der Waals surface area (Å²) in [5.41, 5.74) is -1.89. The van der Waals surface area contributed by atoms with Crippen LogP contribution in [0.3, 0.4) is 0 Å². The summed E-state index contributed by atoms with van der Waals surface area (Å²) in [6.07, 6.45) is 3.68. The number of hydrogen-bond acceptors (Lipinski definition) is 7. The Hall–Kier alpha value is -0.890. The molecule has 0 aromatic carbocycles. The maximum absolute atomic E-state index is 12.3. The van der Waals surface area contributed by atoms with Gasteiger partial charge in [0.05, 0.1) is 19.2 Å². The number of carbonyl (C=O) groups excluding carboxylic acids is 3. The van der Waals surface area contributed by atoms with Gasteiger partial charge in [-0.15, -0.1) is 0 Å². The molecular formula is C22H29NaO7. The minimum Gasteiger partial charge on any atom is -0.546 e. The zero-order valence-electron chi connectivity index (χ0n) is 18.2. The fourth-order valence-electron chi connectivity index (χ4n) is 7.40. The van der Waals surface area contributed by atoms with E-state index in [1.807, 2.05) is 0 Å². The van der Waals surface area contributed by atoms with Crippen LogP contribution in [-0.2, 0) is 19.1 Å². The van der Waals surface area contributed by atoms with Crippen molar-refractivity contribution in [3.63, 3.8) is 0 Å². The quantitative estimate of drug-likeness (QED) is 0.433. The number of methoxy groups -OCH3 is 1. The predicted octanol–water partition coefficient (Wildman–Crippen LogP) is -1.24. The molecule has 4 aliphatic rings. The molecule has 0 aliphatic heterocycles. The number of ketones is 1. The molecule has 1 N–H and O–H groups in total. The van der Waals surface area contributed by atoms with Gasteiger partial charge in [-0.3, -0.25) is 4.79 Å². The molecule has 3 fully saturated rings. The Bertz CT molecular complexity index is 794. The van der Waals surface area contributed by atoms with Gasteiger partial charge in [-0.2, -0.15) is 0 Å². The molecule has 0 saturated heterocycles. The summed E-state index contributed by atoms with van der Waals surface area (Å²) in [6.45, 7) is 3.95. The second kappa shape index (κ2) is 7.91. The molecule has 7 nitrogen and oxygen atoms in total. The molecule has 0 amide bonds. The standard InChI is InChI=1S/C22H30O7.Na/c1-20-8-6-13(23)10-12(20)4-5-14-15-7-9-22(18(25)26,29-19(27)28-3)21(15,2)11-16(24)17(14)20;/h10,14-17,24H,4-9,11H2,1-3H3,(H,25,26);/q;+1/p-1/t14?,15?,16-,17?,20-,21-,22-;/m0./s1. The molecule has 0 aromatic rings. The van der Waals surface area contributed by atoms with Crippen molar-refractivity contribution < 1.29 is 63.6 Å². The van der Waals surface area contributed by atoms with Crippen molar-refractivity contribution in [3.8, 4) is 0 Å². The summed E-state index contributed by atoms with van der Waals surface area (Å²) in [7, 11) is 1.14. The van der Waals surface area contributed by atoms with E-state index in [4.69, 9.17) is 4.74 Å². The van der Waals surface area contributed by atoms with Crippen LogP contribution in [0.15, 0.2) is 11.6 Å². The van der Waals surface area contributed by atoms with Crippen LogP contribution in [-0.4, -0.2) is 41.8 Å². The fraction of sp³-hybridized carbons (Fsp3) is 0.773. The Morgan fingerprint density at radius 1 is 1.20 bits per heavy atom. The van der Waals surface area contributed by atoms with Crippen molar-refractivity contribution in [3.05, 3.63) is 11.6 Å². The van der Waals surface area contributed by atoms with Crippen LogP contribution < -0.4 is 34.7 Å². The second-order valence-corrected chi connectivity index (χ2v) is 9.79. The molecule has 4 rings (SSSR count). The van der Waals surface area contributed by atoms with Crippen LogP contribution in [0.1, 0.15) is 58.8 Å². The molecule has 0 heterocycles. The van der Waals surface area contributed by atoms with Crippen LogP contribution in [0.5, 0.6) is 0 Å². The van der Waals surface area contributed by atoms with Crippen molar-refractivity contribution >= 4 is 17.9 Å². The first kappa shape index (κ1) is 23.8. The van der Waals surface area contributed by atoms with Crippen molar-refractivity contribution in [2.75, 3.05) is 7.11 Å². The maximum Gasteiger partial charge on any atom is 1.00 e. The number of ether oxygens (including phenoxy) is 2. The molecule has 4 aliphatic carbocycles.